The fourth-order valence-electron chi connectivity index (χ4n) is 4.26. The van der Waals surface area contributed by atoms with Gasteiger partial charge in [0.05, 0.1) is 12.1 Å². The summed E-state index contributed by atoms with van der Waals surface area (Å²) >= 11 is 0. The standard InChI is InChI=1S/C25H25N5O2/c1-16-7-9-18(10-8-16)23-27-22(25(32)29-13-11-26-12-14-29)19-15-21(31)30(24(19)28-23)20-6-4-3-5-17(20)2/h3-10,26H,11-15H2,1-2H3. The van der Waals surface area contributed by atoms with Crippen LogP contribution in [0.25, 0.3) is 11.4 Å². The molecule has 0 atom stereocenters. The third kappa shape index (κ3) is 3.54. The summed E-state index contributed by atoms with van der Waals surface area (Å²) in [4.78, 5) is 39.6. The van der Waals surface area contributed by atoms with Crippen molar-refractivity contribution in [2.45, 2.75) is 20.3 Å². The molecule has 1 saturated heterocycles. The molecule has 1 N–H and O–H groups in total. The molecule has 7 nitrogen and oxygen atoms in total. The van der Waals surface area contributed by atoms with Crippen LogP contribution >= 0.6 is 0 Å². The van der Waals surface area contributed by atoms with Gasteiger partial charge in [-0.15, -0.1) is 0 Å². The summed E-state index contributed by atoms with van der Waals surface area (Å²) in [7, 11) is 0. The quantitative estimate of drug-likeness (QED) is 0.695. The van der Waals surface area contributed by atoms with E-state index in [1.54, 1.807) is 9.80 Å². The number of aromatic nitrogens is 2. The number of carbonyl (C=O) groups excluding carboxylic acids is 2. The van der Waals surface area contributed by atoms with Gasteiger partial charge in [-0.3, -0.25) is 14.5 Å². The molecule has 0 bridgehead atoms. The molecule has 2 amide bonds. The first-order chi connectivity index (χ1) is 15.5. The maximum atomic E-state index is 13.5. The summed E-state index contributed by atoms with van der Waals surface area (Å²) in [6.07, 6.45) is 0.116. The first-order valence-corrected chi connectivity index (χ1v) is 10.9. The first kappa shape index (κ1) is 20.3. The third-order valence-electron chi connectivity index (χ3n) is 6.05. The second-order valence-corrected chi connectivity index (χ2v) is 8.30. The third-order valence-corrected chi connectivity index (χ3v) is 6.05. The number of fused-ring (bicyclic) bond motifs is 1. The Labute approximate surface area is 187 Å². The summed E-state index contributed by atoms with van der Waals surface area (Å²) in [6.45, 7) is 6.72. The number of piperazine rings is 1. The Morgan fingerprint density at radius 3 is 2.41 bits per heavy atom. The number of rotatable bonds is 3. The van der Waals surface area contributed by atoms with E-state index in [0.717, 1.165) is 35.5 Å². The van der Waals surface area contributed by atoms with Crippen LogP contribution in [0.3, 0.4) is 0 Å². The topological polar surface area (TPSA) is 78.4 Å². The van der Waals surface area contributed by atoms with Gasteiger partial charge in [0.1, 0.15) is 11.5 Å². The first-order valence-electron chi connectivity index (χ1n) is 10.9. The van der Waals surface area contributed by atoms with Crippen LogP contribution in [0.15, 0.2) is 48.5 Å². The minimum atomic E-state index is -0.141. The minimum Gasteiger partial charge on any atom is -0.335 e. The number of amides is 2. The summed E-state index contributed by atoms with van der Waals surface area (Å²) in [5.74, 6) is 0.723. The van der Waals surface area contributed by atoms with Crippen LogP contribution in [-0.2, 0) is 11.2 Å². The molecule has 162 valence electrons. The summed E-state index contributed by atoms with van der Waals surface area (Å²) in [6, 6.07) is 15.6. The highest BCUT2D eigenvalue weighted by molar-refractivity contribution is 6.10. The van der Waals surface area contributed by atoms with E-state index >= 15 is 0 Å². The fraction of sp³-hybridized carbons (Fsp3) is 0.280. The van der Waals surface area contributed by atoms with Gasteiger partial charge in [-0.1, -0.05) is 48.0 Å². The molecule has 0 radical (unpaired) electrons. The lowest BCUT2D eigenvalue weighted by Gasteiger charge is -2.28. The molecule has 1 fully saturated rings. The molecular weight excluding hydrogens is 402 g/mol. The van der Waals surface area contributed by atoms with E-state index in [2.05, 4.69) is 5.32 Å². The molecule has 2 aliphatic rings. The molecule has 3 aromatic rings. The summed E-state index contributed by atoms with van der Waals surface area (Å²) in [5, 5.41) is 3.27. The highest BCUT2D eigenvalue weighted by Crippen LogP contribution is 2.38. The molecule has 1 aromatic heterocycles. The second-order valence-electron chi connectivity index (χ2n) is 8.30. The number of nitrogens with zero attached hydrogens (tertiary/aromatic N) is 4. The summed E-state index contributed by atoms with van der Waals surface area (Å²) in [5.41, 5.74) is 4.64. The smallest absolute Gasteiger partial charge is 0.273 e. The van der Waals surface area contributed by atoms with Crippen molar-refractivity contribution < 1.29 is 9.59 Å². The predicted molar refractivity (Wildman–Crippen MR) is 123 cm³/mol. The molecule has 0 saturated carbocycles. The number of nitrogens with one attached hydrogen (secondary N) is 1. The summed E-state index contributed by atoms with van der Waals surface area (Å²) < 4.78 is 0. The molecule has 7 heteroatoms. The van der Waals surface area contributed by atoms with Crippen LogP contribution in [0.2, 0.25) is 0 Å². The number of aryl methyl sites for hydroxylation is 2. The van der Waals surface area contributed by atoms with Crippen molar-refractivity contribution in [1.29, 1.82) is 0 Å². The largest absolute Gasteiger partial charge is 0.335 e. The average Bonchev–Trinajstić information content (AvgIpc) is 3.15. The Kier molecular flexibility index (Phi) is 5.19. The van der Waals surface area contributed by atoms with E-state index in [0.29, 0.717) is 36.0 Å². The monoisotopic (exact) mass is 427 g/mol. The van der Waals surface area contributed by atoms with Crippen molar-refractivity contribution in [2.24, 2.45) is 0 Å². The van der Waals surface area contributed by atoms with E-state index in [1.165, 1.54) is 0 Å². The Hall–Kier alpha value is -3.58. The number of hydrogen-bond acceptors (Lipinski definition) is 5. The van der Waals surface area contributed by atoms with Gasteiger partial charge in [-0.05, 0) is 25.5 Å². The van der Waals surface area contributed by atoms with Gasteiger partial charge in [0.25, 0.3) is 5.91 Å². The van der Waals surface area contributed by atoms with Gasteiger partial charge < -0.3 is 10.2 Å². The van der Waals surface area contributed by atoms with Gasteiger partial charge in [0.2, 0.25) is 5.91 Å². The van der Waals surface area contributed by atoms with Crippen LogP contribution in [0.5, 0.6) is 0 Å². The van der Waals surface area contributed by atoms with Gasteiger partial charge in [-0.2, -0.15) is 0 Å². The lowest BCUT2D eigenvalue weighted by molar-refractivity contribution is -0.116. The van der Waals surface area contributed by atoms with Crippen LogP contribution < -0.4 is 10.2 Å². The molecular formula is C25H25N5O2. The van der Waals surface area contributed by atoms with Crippen molar-refractivity contribution in [2.75, 3.05) is 31.1 Å². The molecule has 0 spiro atoms. The predicted octanol–water partition coefficient (Wildman–Crippen LogP) is 3.03. The Bertz CT molecular complexity index is 1200. The average molecular weight is 428 g/mol. The SMILES string of the molecule is Cc1ccc(-c2nc(C(=O)N3CCNCC3)c3c(n2)N(c2ccccc2C)C(=O)C3)cc1. The number of benzene rings is 2. The normalized spacial score (nSPS) is 15.8. The van der Waals surface area contributed by atoms with Crippen molar-refractivity contribution in [3.63, 3.8) is 0 Å². The van der Waals surface area contributed by atoms with Crippen LogP contribution in [0, 0.1) is 13.8 Å². The Balaban J connectivity index is 1.68. The zero-order valence-corrected chi connectivity index (χ0v) is 18.3. The van der Waals surface area contributed by atoms with Crippen LogP contribution in [0.1, 0.15) is 27.2 Å². The van der Waals surface area contributed by atoms with Crippen molar-refractivity contribution in [1.82, 2.24) is 20.2 Å². The van der Waals surface area contributed by atoms with Crippen molar-refractivity contribution in [3.05, 3.63) is 70.9 Å². The second kappa shape index (κ2) is 8.16. The lowest BCUT2D eigenvalue weighted by atomic mass is 10.1. The Morgan fingerprint density at radius 1 is 0.969 bits per heavy atom. The van der Waals surface area contributed by atoms with E-state index in [9.17, 15) is 9.59 Å². The minimum absolute atomic E-state index is 0.0981. The zero-order chi connectivity index (χ0) is 22.2. The molecule has 0 unspecified atom stereocenters. The highest BCUT2D eigenvalue weighted by Gasteiger charge is 2.37. The Morgan fingerprint density at radius 2 is 1.69 bits per heavy atom. The fourth-order valence-corrected chi connectivity index (χ4v) is 4.26. The number of hydrogen-bond donors (Lipinski definition) is 1. The van der Waals surface area contributed by atoms with E-state index in [4.69, 9.17) is 9.97 Å². The van der Waals surface area contributed by atoms with Gasteiger partial charge in [0, 0.05) is 37.3 Å². The lowest BCUT2D eigenvalue weighted by Crippen LogP contribution is -2.46. The highest BCUT2D eigenvalue weighted by atomic mass is 16.2. The molecule has 2 aliphatic heterocycles. The van der Waals surface area contributed by atoms with Gasteiger partial charge in [0.15, 0.2) is 5.82 Å². The number of carbonyl (C=O) groups is 2. The van der Waals surface area contributed by atoms with Crippen LogP contribution in [0.4, 0.5) is 11.5 Å². The van der Waals surface area contributed by atoms with Gasteiger partial charge >= 0.3 is 0 Å². The van der Waals surface area contributed by atoms with E-state index < -0.39 is 0 Å². The van der Waals surface area contributed by atoms with E-state index in [1.807, 2.05) is 62.4 Å². The maximum absolute atomic E-state index is 13.5. The molecule has 0 aliphatic carbocycles. The number of anilines is 2. The van der Waals surface area contributed by atoms with Gasteiger partial charge in [-0.25, -0.2) is 9.97 Å². The van der Waals surface area contributed by atoms with Crippen LogP contribution in [-0.4, -0.2) is 52.9 Å². The molecule has 3 heterocycles. The maximum Gasteiger partial charge on any atom is 0.273 e. The van der Waals surface area contributed by atoms with Crippen molar-refractivity contribution in [3.8, 4) is 11.4 Å². The zero-order valence-electron chi connectivity index (χ0n) is 18.3. The molecule has 5 rings (SSSR count). The van der Waals surface area contributed by atoms with Crippen molar-refractivity contribution >= 4 is 23.3 Å². The molecule has 32 heavy (non-hydrogen) atoms. The molecule has 2 aromatic carbocycles. The number of para-hydroxylation sites is 1. The van der Waals surface area contributed by atoms with E-state index in [-0.39, 0.29) is 18.2 Å².